The van der Waals surface area contributed by atoms with Crippen molar-refractivity contribution in [3.05, 3.63) is 59.7 Å². The van der Waals surface area contributed by atoms with Crippen molar-refractivity contribution in [1.82, 2.24) is 15.0 Å². The molecule has 0 fully saturated rings. The number of pyridine rings is 1. The summed E-state index contributed by atoms with van der Waals surface area (Å²) in [4.78, 5) is 15.2. The maximum atomic E-state index is 13.7. The van der Waals surface area contributed by atoms with Crippen molar-refractivity contribution in [2.45, 2.75) is 11.8 Å². The number of halogens is 1. The molecule has 1 amide bonds. The van der Waals surface area contributed by atoms with Crippen LogP contribution >= 0.6 is 0 Å². The normalized spacial score (nSPS) is 11.2. The van der Waals surface area contributed by atoms with E-state index in [1.807, 2.05) is 0 Å². The van der Waals surface area contributed by atoms with E-state index in [2.05, 4.69) is 15.0 Å². The third-order valence-corrected chi connectivity index (χ3v) is 4.70. The summed E-state index contributed by atoms with van der Waals surface area (Å²) in [5.41, 5.74) is 0.692. The first kappa shape index (κ1) is 17.0. The molecule has 2 rings (SSSR count). The van der Waals surface area contributed by atoms with Gasteiger partial charge >= 0.3 is 0 Å². The molecule has 0 radical (unpaired) electrons. The van der Waals surface area contributed by atoms with Gasteiger partial charge in [0, 0.05) is 25.5 Å². The van der Waals surface area contributed by atoms with Gasteiger partial charge in [-0.25, -0.2) is 17.5 Å². The summed E-state index contributed by atoms with van der Waals surface area (Å²) in [6.07, 6.45) is 2.95. The number of amides is 1. The van der Waals surface area contributed by atoms with Crippen molar-refractivity contribution in [2.24, 2.45) is 0 Å². The number of hydrogen-bond acceptors (Lipinski definition) is 4. The number of sulfonamides is 1. The third-order valence-electron chi connectivity index (χ3n) is 3.06. The van der Waals surface area contributed by atoms with E-state index in [4.69, 9.17) is 0 Å². The molecule has 0 aliphatic rings. The van der Waals surface area contributed by atoms with Gasteiger partial charge in [-0.15, -0.1) is 0 Å². The fraction of sp³-hybridized carbons (Fsp3) is 0.200. The molecule has 0 saturated carbocycles. The number of carbonyl (C=O) groups is 1. The zero-order valence-corrected chi connectivity index (χ0v) is 13.2. The molecular formula is C15H16FN3O3S. The Labute approximate surface area is 133 Å². The molecule has 2 N–H and O–H groups in total. The lowest BCUT2D eigenvalue weighted by Crippen LogP contribution is -2.35. The highest BCUT2D eigenvalue weighted by Gasteiger charge is 2.20. The molecule has 0 saturated heterocycles. The van der Waals surface area contributed by atoms with Gasteiger partial charge in [0.1, 0.15) is 10.7 Å². The second-order valence-corrected chi connectivity index (χ2v) is 6.49. The summed E-state index contributed by atoms with van der Waals surface area (Å²) in [7, 11) is -3.97. The fourth-order valence-electron chi connectivity index (χ4n) is 1.99. The highest BCUT2D eigenvalue weighted by atomic mass is 32.2. The lowest BCUT2D eigenvalue weighted by molar-refractivity contribution is 0.0954. The molecule has 122 valence electrons. The number of nitrogens with one attached hydrogen (secondary N) is 2. The summed E-state index contributed by atoms with van der Waals surface area (Å²) in [5, 5.41) is 2.55. The molecular weight excluding hydrogens is 321 g/mol. The van der Waals surface area contributed by atoms with Crippen molar-refractivity contribution >= 4 is 15.9 Å². The van der Waals surface area contributed by atoms with Crippen LogP contribution in [0.15, 0.2) is 47.6 Å². The number of hydrogen-bond donors (Lipinski definition) is 2. The topological polar surface area (TPSA) is 88.2 Å². The highest BCUT2D eigenvalue weighted by molar-refractivity contribution is 7.89. The molecule has 23 heavy (non-hydrogen) atoms. The quantitative estimate of drug-likeness (QED) is 0.776. The molecule has 2 aromatic rings. The Morgan fingerprint density at radius 3 is 2.65 bits per heavy atom. The monoisotopic (exact) mass is 337 g/mol. The number of carbonyl (C=O) groups excluding carboxylic acids is 1. The van der Waals surface area contributed by atoms with Crippen LogP contribution in [0, 0.1) is 12.7 Å². The molecule has 0 atom stereocenters. The lowest BCUT2D eigenvalue weighted by atomic mass is 10.2. The second kappa shape index (κ2) is 7.30. The van der Waals surface area contributed by atoms with Crippen LogP contribution < -0.4 is 10.0 Å². The van der Waals surface area contributed by atoms with E-state index in [-0.39, 0.29) is 23.9 Å². The molecule has 1 aromatic heterocycles. The van der Waals surface area contributed by atoms with Gasteiger partial charge in [0.05, 0.1) is 5.56 Å². The van der Waals surface area contributed by atoms with E-state index in [0.717, 1.165) is 6.07 Å². The van der Waals surface area contributed by atoms with Crippen molar-refractivity contribution < 1.29 is 17.6 Å². The van der Waals surface area contributed by atoms with Crippen molar-refractivity contribution in [1.29, 1.82) is 0 Å². The molecule has 6 nitrogen and oxygen atoms in total. The van der Waals surface area contributed by atoms with E-state index in [9.17, 15) is 17.6 Å². The molecule has 0 unspecified atom stereocenters. The van der Waals surface area contributed by atoms with Gasteiger partial charge in [-0.2, -0.15) is 0 Å². The van der Waals surface area contributed by atoms with Gasteiger partial charge in [0.15, 0.2) is 0 Å². The Morgan fingerprint density at radius 1 is 1.22 bits per heavy atom. The van der Waals surface area contributed by atoms with Gasteiger partial charge in [-0.05, 0) is 30.7 Å². The van der Waals surface area contributed by atoms with Gasteiger partial charge in [-0.3, -0.25) is 9.78 Å². The number of aromatic nitrogens is 1. The Hall–Kier alpha value is -2.32. The number of rotatable bonds is 6. The summed E-state index contributed by atoms with van der Waals surface area (Å²) in [5.74, 6) is -1.17. The number of aryl methyl sites for hydroxylation is 1. The summed E-state index contributed by atoms with van der Waals surface area (Å²) in [6, 6.07) is 7.26. The van der Waals surface area contributed by atoms with Crippen molar-refractivity contribution in [3.63, 3.8) is 0 Å². The fourth-order valence-corrected chi connectivity index (χ4v) is 3.32. The first-order valence-corrected chi connectivity index (χ1v) is 8.33. The van der Waals surface area contributed by atoms with Crippen molar-refractivity contribution in [2.75, 3.05) is 13.1 Å². The minimum Gasteiger partial charge on any atom is -0.351 e. The van der Waals surface area contributed by atoms with E-state index in [1.165, 1.54) is 25.3 Å². The Morgan fingerprint density at radius 2 is 2.00 bits per heavy atom. The third kappa shape index (κ3) is 4.33. The lowest BCUT2D eigenvalue weighted by Gasteiger charge is -2.10. The maximum Gasteiger partial charge on any atom is 0.252 e. The predicted octanol–water partition coefficient (Wildman–Crippen LogP) is 1.24. The number of benzene rings is 1. The van der Waals surface area contributed by atoms with Crippen LogP contribution in [0.1, 0.15) is 15.9 Å². The van der Waals surface area contributed by atoms with Gasteiger partial charge in [0.25, 0.3) is 5.91 Å². The zero-order chi connectivity index (χ0) is 16.9. The Kier molecular flexibility index (Phi) is 5.41. The van der Waals surface area contributed by atoms with Crippen LogP contribution in [0.2, 0.25) is 0 Å². The summed E-state index contributed by atoms with van der Waals surface area (Å²) >= 11 is 0. The van der Waals surface area contributed by atoms with Crippen LogP contribution in [0.25, 0.3) is 0 Å². The Balaban J connectivity index is 1.92. The first-order chi connectivity index (χ1) is 10.9. The van der Waals surface area contributed by atoms with E-state index in [1.54, 1.807) is 18.3 Å². The van der Waals surface area contributed by atoms with Crippen molar-refractivity contribution in [3.8, 4) is 0 Å². The van der Waals surface area contributed by atoms with Crippen LogP contribution in [-0.4, -0.2) is 32.4 Å². The van der Waals surface area contributed by atoms with Crippen LogP contribution in [0.3, 0.4) is 0 Å². The maximum absolute atomic E-state index is 13.7. The molecule has 0 aliphatic heterocycles. The zero-order valence-electron chi connectivity index (χ0n) is 12.4. The summed E-state index contributed by atoms with van der Waals surface area (Å²) < 4.78 is 40.2. The van der Waals surface area contributed by atoms with Gasteiger partial charge in [-0.1, -0.05) is 12.1 Å². The predicted molar refractivity (Wildman–Crippen MR) is 82.9 cm³/mol. The highest BCUT2D eigenvalue weighted by Crippen LogP contribution is 2.18. The Bertz CT molecular complexity index is 775. The minimum atomic E-state index is -3.97. The van der Waals surface area contributed by atoms with Crippen LogP contribution in [0.4, 0.5) is 4.39 Å². The smallest absolute Gasteiger partial charge is 0.252 e. The molecule has 0 aliphatic carbocycles. The molecule has 0 bridgehead atoms. The molecule has 8 heteroatoms. The SMILES string of the molecule is Cc1cccc(F)c1S(=O)(=O)NCCNC(=O)c1cccnc1. The molecule has 1 aromatic carbocycles. The summed E-state index contributed by atoms with van der Waals surface area (Å²) in [6.45, 7) is 1.53. The average molecular weight is 337 g/mol. The molecule has 0 spiro atoms. The standard InChI is InChI=1S/C15H16FN3O3S/c1-11-4-2-6-13(16)14(11)23(21,22)19-9-8-18-15(20)12-5-3-7-17-10-12/h2-7,10,19H,8-9H2,1H3,(H,18,20). The first-order valence-electron chi connectivity index (χ1n) is 6.85. The van der Waals surface area contributed by atoms with E-state index >= 15 is 0 Å². The molecule has 1 heterocycles. The number of nitrogens with zero attached hydrogens (tertiary/aromatic N) is 1. The average Bonchev–Trinajstić information content (AvgIpc) is 2.52. The largest absolute Gasteiger partial charge is 0.351 e. The van der Waals surface area contributed by atoms with E-state index < -0.39 is 15.8 Å². The van der Waals surface area contributed by atoms with Crippen LogP contribution in [0.5, 0.6) is 0 Å². The minimum absolute atomic E-state index is 0.0535. The van der Waals surface area contributed by atoms with Crippen LogP contribution in [-0.2, 0) is 10.0 Å². The second-order valence-electron chi connectivity index (χ2n) is 4.78. The van der Waals surface area contributed by atoms with E-state index in [0.29, 0.717) is 11.1 Å². The van der Waals surface area contributed by atoms with Gasteiger partial charge in [0.2, 0.25) is 10.0 Å². The van der Waals surface area contributed by atoms with Gasteiger partial charge < -0.3 is 5.32 Å².